The van der Waals surface area contributed by atoms with Crippen LogP contribution < -0.4 is 10.1 Å². The van der Waals surface area contributed by atoms with Gasteiger partial charge in [0.15, 0.2) is 0 Å². The average Bonchev–Trinajstić information content (AvgIpc) is 2.44. The van der Waals surface area contributed by atoms with Gasteiger partial charge in [-0.05, 0) is 43.4 Å². The van der Waals surface area contributed by atoms with E-state index in [0.717, 1.165) is 18.6 Å². The second-order valence-electron chi connectivity index (χ2n) is 6.26. The molecule has 118 valence electrons. The van der Waals surface area contributed by atoms with E-state index in [1.165, 1.54) is 5.56 Å². The van der Waals surface area contributed by atoms with Gasteiger partial charge in [0.2, 0.25) is 0 Å². The number of hydrogen-bond acceptors (Lipinski definition) is 4. The minimum Gasteiger partial charge on any atom is -0.497 e. The van der Waals surface area contributed by atoms with Crippen molar-refractivity contribution in [3.8, 4) is 5.75 Å². The summed E-state index contributed by atoms with van der Waals surface area (Å²) in [5, 5.41) is 13.7. The van der Waals surface area contributed by atoms with Crippen LogP contribution in [0.25, 0.3) is 0 Å². The van der Waals surface area contributed by atoms with Crippen LogP contribution in [0.1, 0.15) is 37.7 Å². The van der Waals surface area contributed by atoms with Crippen LogP contribution in [0.5, 0.6) is 5.75 Å². The summed E-state index contributed by atoms with van der Waals surface area (Å²) in [6, 6.07) is 8.84. The van der Waals surface area contributed by atoms with Crippen LogP contribution in [0.4, 0.5) is 0 Å². The minimum absolute atomic E-state index is 0.506. The summed E-state index contributed by atoms with van der Waals surface area (Å²) in [7, 11) is 3.35. The van der Waals surface area contributed by atoms with Gasteiger partial charge in [-0.1, -0.05) is 12.1 Å². The van der Waals surface area contributed by atoms with Crippen molar-refractivity contribution in [2.24, 2.45) is 0 Å². The predicted molar refractivity (Wildman–Crippen MR) is 83.9 cm³/mol. The first-order chi connectivity index (χ1) is 10.0. The highest BCUT2D eigenvalue weighted by Gasteiger charge is 2.31. The summed E-state index contributed by atoms with van der Waals surface area (Å²) in [5.41, 5.74) is 0.682. The minimum atomic E-state index is -0.693. The third-order valence-electron chi connectivity index (χ3n) is 4.34. The summed E-state index contributed by atoms with van der Waals surface area (Å²) in [6.45, 7) is 3.07. The number of aliphatic hydroxyl groups is 1. The zero-order chi connectivity index (χ0) is 15.3. The molecule has 4 nitrogen and oxygen atoms in total. The monoisotopic (exact) mass is 293 g/mol. The van der Waals surface area contributed by atoms with Crippen LogP contribution in [0.3, 0.4) is 0 Å². The summed E-state index contributed by atoms with van der Waals surface area (Å²) in [6.07, 6.45) is 2.92. The van der Waals surface area contributed by atoms with Crippen molar-refractivity contribution in [1.29, 1.82) is 0 Å². The maximum Gasteiger partial charge on any atom is 0.118 e. The molecule has 1 aromatic carbocycles. The Morgan fingerprint density at radius 2 is 1.90 bits per heavy atom. The fourth-order valence-corrected chi connectivity index (χ4v) is 2.71. The van der Waals surface area contributed by atoms with E-state index in [1.54, 1.807) is 14.2 Å². The maximum absolute atomic E-state index is 10.2. The van der Waals surface area contributed by atoms with E-state index in [-0.39, 0.29) is 0 Å². The molecule has 0 aliphatic heterocycles. The fourth-order valence-electron chi connectivity index (χ4n) is 2.71. The number of ether oxygens (including phenoxy) is 2. The Kier molecular flexibility index (Phi) is 5.62. The summed E-state index contributed by atoms with van der Waals surface area (Å²) in [5.74, 6) is 1.53. The molecule has 2 rings (SSSR count). The lowest BCUT2D eigenvalue weighted by Crippen LogP contribution is -2.47. The molecule has 1 aromatic rings. The number of methoxy groups -OCH3 is 2. The van der Waals surface area contributed by atoms with Crippen molar-refractivity contribution in [3.05, 3.63) is 29.8 Å². The predicted octanol–water partition coefficient (Wildman–Crippen LogP) is 2.32. The molecule has 0 aromatic heterocycles. The fraction of sp³-hybridized carbons (Fsp3) is 0.647. The van der Waals surface area contributed by atoms with Crippen molar-refractivity contribution >= 4 is 0 Å². The lowest BCUT2D eigenvalue weighted by atomic mass is 9.75. The van der Waals surface area contributed by atoms with Crippen LogP contribution in [-0.4, -0.2) is 44.1 Å². The van der Waals surface area contributed by atoms with E-state index in [1.807, 2.05) is 19.1 Å². The van der Waals surface area contributed by atoms with Crippen LogP contribution in [-0.2, 0) is 4.74 Å². The molecule has 1 atom stereocenters. The Morgan fingerprint density at radius 1 is 1.24 bits per heavy atom. The third kappa shape index (κ3) is 4.70. The van der Waals surface area contributed by atoms with Gasteiger partial charge in [0.1, 0.15) is 5.75 Å². The highest BCUT2D eigenvalue weighted by Crippen LogP contribution is 2.37. The molecule has 1 aliphatic rings. The zero-order valence-corrected chi connectivity index (χ0v) is 13.3. The molecule has 0 saturated heterocycles. The quantitative estimate of drug-likeness (QED) is 0.772. The number of hydrogen-bond donors (Lipinski definition) is 2. The molecule has 0 bridgehead atoms. The van der Waals surface area contributed by atoms with Gasteiger partial charge in [-0.15, -0.1) is 0 Å². The lowest BCUT2D eigenvalue weighted by Gasteiger charge is -2.38. The van der Waals surface area contributed by atoms with E-state index < -0.39 is 5.60 Å². The maximum atomic E-state index is 10.2. The van der Waals surface area contributed by atoms with Crippen molar-refractivity contribution in [1.82, 2.24) is 5.32 Å². The SMILES string of the molecule is COCCC(C)(O)CNC1CC(c2ccc(OC)cc2)C1. The van der Waals surface area contributed by atoms with E-state index >= 15 is 0 Å². The average molecular weight is 293 g/mol. The molecular formula is C17H27NO3. The van der Waals surface area contributed by atoms with Crippen LogP contribution in [0, 0.1) is 0 Å². The molecule has 1 saturated carbocycles. The van der Waals surface area contributed by atoms with Gasteiger partial charge in [0, 0.05) is 32.7 Å². The lowest BCUT2D eigenvalue weighted by molar-refractivity contribution is 0.0197. The molecule has 1 unspecified atom stereocenters. The molecule has 21 heavy (non-hydrogen) atoms. The Labute approximate surface area is 127 Å². The molecule has 1 aliphatic carbocycles. The Balaban J connectivity index is 1.71. The highest BCUT2D eigenvalue weighted by atomic mass is 16.5. The Hall–Kier alpha value is -1.10. The molecule has 4 heteroatoms. The van der Waals surface area contributed by atoms with Crippen LogP contribution in [0.2, 0.25) is 0 Å². The van der Waals surface area contributed by atoms with E-state index in [0.29, 0.717) is 31.5 Å². The first-order valence-electron chi connectivity index (χ1n) is 7.63. The van der Waals surface area contributed by atoms with Crippen LogP contribution in [0.15, 0.2) is 24.3 Å². The van der Waals surface area contributed by atoms with E-state index in [9.17, 15) is 5.11 Å². The number of nitrogens with one attached hydrogen (secondary N) is 1. The first-order valence-corrected chi connectivity index (χ1v) is 7.63. The standard InChI is InChI=1S/C17H27NO3/c1-17(19,8-9-20-2)12-18-15-10-14(11-15)13-4-6-16(21-3)7-5-13/h4-7,14-15,18-19H,8-12H2,1-3H3. The first kappa shape index (κ1) is 16.3. The van der Waals surface area contributed by atoms with Gasteiger partial charge in [0.05, 0.1) is 12.7 Å². The Morgan fingerprint density at radius 3 is 2.48 bits per heavy atom. The van der Waals surface area contributed by atoms with Gasteiger partial charge in [-0.25, -0.2) is 0 Å². The Bertz CT molecular complexity index is 424. The molecule has 0 radical (unpaired) electrons. The molecule has 0 amide bonds. The third-order valence-corrected chi connectivity index (χ3v) is 4.34. The largest absolute Gasteiger partial charge is 0.497 e. The molecular weight excluding hydrogens is 266 g/mol. The number of benzene rings is 1. The summed E-state index contributed by atoms with van der Waals surface area (Å²) < 4.78 is 10.2. The smallest absolute Gasteiger partial charge is 0.118 e. The van der Waals surface area contributed by atoms with Gasteiger partial charge in [-0.2, -0.15) is 0 Å². The molecule has 0 heterocycles. The topological polar surface area (TPSA) is 50.7 Å². The number of rotatable bonds is 8. The van der Waals surface area contributed by atoms with Crippen molar-refractivity contribution in [3.63, 3.8) is 0 Å². The summed E-state index contributed by atoms with van der Waals surface area (Å²) >= 11 is 0. The van der Waals surface area contributed by atoms with Gasteiger partial charge < -0.3 is 19.9 Å². The summed E-state index contributed by atoms with van der Waals surface area (Å²) in [4.78, 5) is 0. The normalized spacial score (nSPS) is 24.2. The second-order valence-corrected chi connectivity index (χ2v) is 6.26. The van der Waals surface area contributed by atoms with Crippen molar-refractivity contribution in [2.45, 2.75) is 43.7 Å². The van der Waals surface area contributed by atoms with E-state index in [4.69, 9.17) is 9.47 Å². The molecule has 2 N–H and O–H groups in total. The van der Waals surface area contributed by atoms with E-state index in [2.05, 4.69) is 17.4 Å². The highest BCUT2D eigenvalue weighted by molar-refractivity contribution is 5.30. The van der Waals surface area contributed by atoms with Crippen LogP contribution >= 0.6 is 0 Å². The van der Waals surface area contributed by atoms with Crippen molar-refractivity contribution < 1.29 is 14.6 Å². The van der Waals surface area contributed by atoms with Crippen molar-refractivity contribution in [2.75, 3.05) is 27.4 Å². The van der Waals surface area contributed by atoms with Gasteiger partial charge >= 0.3 is 0 Å². The molecule has 1 fully saturated rings. The molecule has 0 spiro atoms. The van der Waals surface area contributed by atoms with Gasteiger partial charge in [-0.3, -0.25) is 0 Å². The zero-order valence-electron chi connectivity index (χ0n) is 13.3. The second kappa shape index (κ2) is 7.25. The van der Waals surface area contributed by atoms with Gasteiger partial charge in [0.25, 0.3) is 0 Å².